The second-order valence-corrected chi connectivity index (χ2v) is 9.06. The van der Waals surface area contributed by atoms with E-state index >= 15 is 0 Å². The summed E-state index contributed by atoms with van der Waals surface area (Å²) < 4.78 is 47.1. The molecule has 3 N–H and O–H groups in total. The number of hydrogen-bond donors (Lipinski definition) is 3. The van der Waals surface area contributed by atoms with Crippen molar-refractivity contribution < 1.29 is 17.9 Å². The molecule has 0 unspecified atom stereocenters. The molecule has 11 heteroatoms. The number of ether oxygens (including phenoxy) is 1. The Kier molecular flexibility index (Phi) is 7.19. The monoisotopic (exact) mass is 523 g/mol. The normalized spacial score (nSPS) is 13.2. The van der Waals surface area contributed by atoms with Crippen LogP contribution in [0.15, 0.2) is 55.0 Å². The minimum absolute atomic E-state index is 0.0725. The number of nitrogens with one attached hydrogen (secondary N) is 3. The molecule has 1 aliphatic heterocycles. The van der Waals surface area contributed by atoms with Crippen molar-refractivity contribution in [1.82, 2.24) is 25.1 Å². The van der Waals surface area contributed by atoms with Gasteiger partial charge in [-0.2, -0.15) is 23.3 Å². The standard InChI is InChI=1S/C27H28F3N7O/c1-3-8-37-16-19(14-33-37)24-15-32-26(35-22-10-20(27(28,29)30)11-23(12-22)38-2)36-25(24)34-21-5-4-17-6-7-31-13-18(17)9-21/h4-5,9-12,14-16,31H,3,6-8,13H2,1-2H3,(H2,32,34,35,36). The Morgan fingerprint density at radius 1 is 1.05 bits per heavy atom. The van der Waals surface area contributed by atoms with Crippen molar-refractivity contribution in [3.63, 3.8) is 0 Å². The molecular formula is C27H28F3N7O. The molecule has 198 valence electrons. The number of halogens is 3. The van der Waals surface area contributed by atoms with Crippen molar-refractivity contribution >= 4 is 23.1 Å². The zero-order chi connectivity index (χ0) is 26.7. The van der Waals surface area contributed by atoms with E-state index in [1.807, 2.05) is 16.9 Å². The van der Waals surface area contributed by atoms with Crippen LogP contribution in [0.1, 0.15) is 30.0 Å². The number of aryl methyl sites for hydroxylation is 1. The van der Waals surface area contributed by atoms with Gasteiger partial charge in [0, 0.05) is 54.1 Å². The van der Waals surface area contributed by atoms with Gasteiger partial charge in [0.25, 0.3) is 0 Å². The molecule has 2 aromatic heterocycles. The topological polar surface area (TPSA) is 88.9 Å². The Hall–Kier alpha value is -4.12. The molecule has 0 saturated heterocycles. The van der Waals surface area contributed by atoms with Crippen LogP contribution in [0.5, 0.6) is 5.75 Å². The first-order chi connectivity index (χ1) is 18.3. The average molecular weight is 524 g/mol. The molecule has 0 amide bonds. The molecule has 1 aliphatic rings. The first-order valence-electron chi connectivity index (χ1n) is 12.3. The lowest BCUT2D eigenvalue weighted by molar-refractivity contribution is -0.137. The average Bonchev–Trinajstić information content (AvgIpc) is 3.36. The second-order valence-electron chi connectivity index (χ2n) is 9.06. The first kappa shape index (κ1) is 25.5. The van der Waals surface area contributed by atoms with Crippen molar-refractivity contribution in [2.24, 2.45) is 0 Å². The summed E-state index contributed by atoms with van der Waals surface area (Å²) in [5, 5.41) is 14.1. The van der Waals surface area contributed by atoms with Crippen LogP contribution in [0.4, 0.5) is 36.3 Å². The lowest BCUT2D eigenvalue weighted by Gasteiger charge is -2.19. The van der Waals surface area contributed by atoms with Gasteiger partial charge in [0.05, 0.1) is 18.9 Å². The molecule has 4 aromatic rings. The number of anilines is 4. The Morgan fingerprint density at radius 2 is 1.92 bits per heavy atom. The van der Waals surface area contributed by atoms with E-state index < -0.39 is 11.7 Å². The number of fused-ring (bicyclic) bond motifs is 1. The summed E-state index contributed by atoms with van der Waals surface area (Å²) in [6.07, 6.45) is 2.70. The molecule has 38 heavy (non-hydrogen) atoms. The Balaban J connectivity index is 1.51. The Labute approximate surface area is 218 Å². The van der Waals surface area contributed by atoms with E-state index in [0.717, 1.165) is 61.4 Å². The molecule has 0 saturated carbocycles. The molecule has 3 heterocycles. The SMILES string of the molecule is CCCn1cc(-c2cnc(Nc3cc(OC)cc(C(F)(F)F)c3)nc2Nc2ccc3c(c2)CNCC3)cn1. The van der Waals surface area contributed by atoms with Crippen molar-refractivity contribution in [3.05, 3.63) is 71.7 Å². The van der Waals surface area contributed by atoms with E-state index in [9.17, 15) is 13.2 Å². The van der Waals surface area contributed by atoms with Crippen LogP contribution in [-0.4, -0.2) is 33.4 Å². The smallest absolute Gasteiger partial charge is 0.416 e. The third-order valence-electron chi connectivity index (χ3n) is 6.27. The highest BCUT2D eigenvalue weighted by Gasteiger charge is 2.31. The van der Waals surface area contributed by atoms with Crippen molar-refractivity contribution in [3.8, 4) is 16.9 Å². The van der Waals surface area contributed by atoms with E-state index in [1.54, 1.807) is 12.4 Å². The van der Waals surface area contributed by atoms with E-state index in [2.05, 4.69) is 50.1 Å². The highest BCUT2D eigenvalue weighted by atomic mass is 19.4. The molecule has 0 atom stereocenters. The van der Waals surface area contributed by atoms with E-state index in [-0.39, 0.29) is 17.4 Å². The van der Waals surface area contributed by atoms with Gasteiger partial charge in [0.15, 0.2) is 0 Å². The largest absolute Gasteiger partial charge is 0.497 e. The van der Waals surface area contributed by atoms with Gasteiger partial charge in [-0.05, 0) is 54.8 Å². The van der Waals surface area contributed by atoms with Crippen LogP contribution in [0.25, 0.3) is 11.1 Å². The fourth-order valence-electron chi connectivity index (χ4n) is 4.38. The third-order valence-corrected chi connectivity index (χ3v) is 6.27. The molecule has 0 spiro atoms. The van der Waals surface area contributed by atoms with Crippen molar-refractivity contribution in [2.45, 2.75) is 39.0 Å². The maximum atomic E-state index is 13.4. The summed E-state index contributed by atoms with van der Waals surface area (Å²) >= 11 is 0. The van der Waals surface area contributed by atoms with Gasteiger partial charge in [0.1, 0.15) is 11.6 Å². The predicted octanol–water partition coefficient (Wildman–Crippen LogP) is 5.91. The number of aromatic nitrogens is 4. The van der Waals surface area contributed by atoms with Gasteiger partial charge < -0.3 is 20.7 Å². The summed E-state index contributed by atoms with van der Waals surface area (Å²) in [6, 6.07) is 9.59. The number of rotatable bonds is 8. The Morgan fingerprint density at radius 3 is 2.71 bits per heavy atom. The molecule has 0 radical (unpaired) electrons. The first-order valence-corrected chi connectivity index (χ1v) is 12.3. The second kappa shape index (κ2) is 10.7. The zero-order valence-corrected chi connectivity index (χ0v) is 21.1. The molecular weight excluding hydrogens is 495 g/mol. The van der Waals surface area contributed by atoms with E-state index in [0.29, 0.717) is 5.82 Å². The molecule has 5 rings (SSSR count). The maximum absolute atomic E-state index is 13.4. The Bertz CT molecular complexity index is 1430. The molecule has 0 bridgehead atoms. The lowest BCUT2D eigenvalue weighted by Crippen LogP contribution is -2.23. The summed E-state index contributed by atoms with van der Waals surface area (Å²) in [5.41, 5.74) is 4.23. The molecule has 2 aromatic carbocycles. The molecule has 0 fully saturated rings. The van der Waals surface area contributed by atoms with Crippen LogP contribution in [-0.2, 0) is 25.7 Å². The van der Waals surface area contributed by atoms with E-state index in [4.69, 9.17) is 4.74 Å². The number of methoxy groups -OCH3 is 1. The minimum atomic E-state index is -4.53. The van der Waals surface area contributed by atoms with Gasteiger partial charge in [-0.25, -0.2) is 4.98 Å². The highest BCUT2D eigenvalue weighted by molar-refractivity contribution is 5.78. The summed E-state index contributed by atoms with van der Waals surface area (Å²) in [6.45, 7) is 4.59. The van der Waals surface area contributed by atoms with Crippen LogP contribution < -0.4 is 20.7 Å². The van der Waals surface area contributed by atoms with Gasteiger partial charge in [-0.15, -0.1) is 0 Å². The van der Waals surface area contributed by atoms with Crippen molar-refractivity contribution in [2.75, 3.05) is 24.3 Å². The number of benzene rings is 2. The molecule has 0 aliphatic carbocycles. The number of alkyl halides is 3. The quantitative estimate of drug-likeness (QED) is 0.265. The fraction of sp³-hybridized carbons (Fsp3) is 0.296. The van der Waals surface area contributed by atoms with Crippen LogP contribution in [0, 0.1) is 0 Å². The van der Waals surface area contributed by atoms with Gasteiger partial charge in [-0.1, -0.05) is 13.0 Å². The number of hydrogen-bond acceptors (Lipinski definition) is 7. The highest BCUT2D eigenvalue weighted by Crippen LogP contribution is 2.35. The van der Waals surface area contributed by atoms with Crippen LogP contribution >= 0.6 is 0 Å². The summed E-state index contributed by atoms with van der Waals surface area (Å²) in [4.78, 5) is 9.04. The van der Waals surface area contributed by atoms with E-state index in [1.165, 1.54) is 24.3 Å². The fourth-order valence-corrected chi connectivity index (χ4v) is 4.38. The predicted molar refractivity (Wildman–Crippen MR) is 140 cm³/mol. The summed E-state index contributed by atoms with van der Waals surface area (Å²) in [7, 11) is 1.32. The maximum Gasteiger partial charge on any atom is 0.416 e. The van der Waals surface area contributed by atoms with Gasteiger partial charge >= 0.3 is 6.18 Å². The third kappa shape index (κ3) is 5.72. The molecule has 8 nitrogen and oxygen atoms in total. The van der Waals surface area contributed by atoms with Crippen molar-refractivity contribution in [1.29, 1.82) is 0 Å². The zero-order valence-electron chi connectivity index (χ0n) is 21.1. The van der Waals surface area contributed by atoms with Gasteiger partial charge in [0.2, 0.25) is 5.95 Å². The van der Waals surface area contributed by atoms with Crippen LogP contribution in [0.3, 0.4) is 0 Å². The number of nitrogens with zero attached hydrogens (tertiary/aromatic N) is 4. The van der Waals surface area contributed by atoms with Gasteiger partial charge in [-0.3, -0.25) is 4.68 Å². The van der Waals surface area contributed by atoms with Crippen LogP contribution in [0.2, 0.25) is 0 Å². The minimum Gasteiger partial charge on any atom is -0.497 e. The summed E-state index contributed by atoms with van der Waals surface area (Å²) in [5.74, 6) is 0.711. The lowest BCUT2D eigenvalue weighted by atomic mass is 10.0.